The first-order chi connectivity index (χ1) is 20.5. The largest absolute Gasteiger partial charge is 0.394 e. The Morgan fingerprint density at radius 3 is 1.90 bits per heavy atom. The van der Waals surface area contributed by atoms with Crippen LogP contribution in [0.4, 0.5) is 0 Å². The molecule has 0 saturated carbocycles. The number of amides is 1. The predicted molar refractivity (Wildman–Crippen MR) is 180 cm³/mol. The Labute approximate surface area is 259 Å². The molecule has 5 heteroatoms. The number of aliphatic hydroxyl groups excluding tert-OH is 3. The van der Waals surface area contributed by atoms with Crippen LogP contribution in [0.25, 0.3) is 0 Å². The summed E-state index contributed by atoms with van der Waals surface area (Å²) in [6.07, 6.45) is 40.3. The van der Waals surface area contributed by atoms with Crippen molar-refractivity contribution in [2.75, 3.05) is 6.61 Å². The van der Waals surface area contributed by atoms with Gasteiger partial charge in [0.25, 0.3) is 0 Å². The minimum absolute atomic E-state index is 0.168. The van der Waals surface area contributed by atoms with Crippen molar-refractivity contribution >= 4 is 5.91 Å². The minimum atomic E-state index is -0.889. The number of allylic oxidation sites excluding steroid dienone is 7. The molecule has 1 unspecified atom stereocenters. The van der Waals surface area contributed by atoms with Crippen molar-refractivity contribution < 1.29 is 20.1 Å². The van der Waals surface area contributed by atoms with Crippen LogP contribution in [0.2, 0.25) is 0 Å². The lowest BCUT2D eigenvalue weighted by Gasteiger charge is -2.19. The number of aliphatic hydroxyl groups is 3. The number of carbonyl (C=O) groups is 1. The Morgan fingerprint density at radius 2 is 1.21 bits per heavy atom. The van der Waals surface area contributed by atoms with Gasteiger partial charge >= 0.3 is 0 Å². The second-order valence-electron chi connectivity index (χ2n) is 11.4. The fraction of sp³-hybridized carbons (Fsp3) is 0.703. The lowest BCUT2D eigenvalue weighted by molar-refractivity contribution is -0.122. The van der Waals surface area contributed by atoms with E-state index in [1.165, 1.54) is 77.0 Å². The van der Waals surface area contributed by atoms with E-state index in [0.29, 0.717) is 19.3 Å². The van der Waals surface area contributed by atoms with Crippen LogP contribution in [0.3, 0.4) is 0 Å². The van der Waals surface area contributed by atoms with Crippen molar-refractivity contribution in [3.8, 4) is 0 Å². The molecule has 0 fully saturated rings. The van der Waals surface area contributed by atoms with Crippen molar-refractivity contribution in [1.82, 2.24) is 5.32 Å². The van der Waals surface area contributed by atoms with Crippen molar-refractivity contribution in [3.05, 3.63) is 60.8 Å². The first kappa shape index (κ1) is 40.1. The van der Waals surface area contributed by atoms with Gasteiger partial charge in [-0.25, -0.2) is 0 Å². The topological polar surface area (TPSA) is 89.8 Å². The van der Waals surface area contributed by atoms with Crippen LogP contribution < -0.4 is 5.32 Å². The zero-order chi connectivity index (χ0) is 30.9. The predicted octanol–water partition coefficient (Wildman–Crippen LogP) is 8.81. The fourth-order valence-corrected chi connectivity index (χ4v) is 4.60. The van der Waals surface area contributed by atoms with Gasteiger partial charge in [-0.3, -0.25) is 4.79 Å². The van der Waals surface area contributed by atoms with Gasteiger partial charge in [0.15, 0.2) is 0 Å². The second kappa shape index (κ2) is 32.0. The van der Waals surface area contributed by atoms with E-state index in [-0.39, 0.29) is 12.5 Å². The van der Waals surface area contributed by atoms with Crippen molar-refractivity contribution in [2.45, 2.75) is 161 Å². The molecular formula is C37H65NO4. The average Bonchev–Trinajstić information content (AvgIpc) is 2.98. The van der Waals surface area contributed by atoms with E-state index in [0.717, 1.165) is 32.1 Å². The van der Waals surface area contributed by atoms with E-state index in [9.17, 15) is 20.1 Å². The number of hydrogen-bond donors (Lipinski definition) is 4. The summed E-state index contributed by atoms with van der Waals surface area (Å²) >= 11 is 0. The quantitative estimate of drug-likeness (QED) is 0.0400. The highest BCUT2D eigenvalue weighted by Crippen LogP contribution is 2.12. The Balaban J connectivity index is 3.92. The summed E-state index contributed by atoms with van der Waals surface area (Å²) in [6.45, 7) is 4.16. The molecule has 0 aliphatic rings. The number of carbonyl (C=O) groups excluding carboxylic acids is 1. The normalized spacial score (nSPS) is 14.7. The van der Waals surface area contributed by atoms with Crippen LogP contribution in [0, 0.1) is 0 Å². The van der Waals surface area contributed by atoms with Crippen molar-refractivity contribution in [3.63, 3.8) is 0 Å². The van der Waals surface area contributed by atoms with Gasteiger partial charge in [-0.1, -0.05) is 145 Å². The summed E-state index contributed by atoms with van der Waals surface area (Å²) in [7, 11) is 0. The number of nitrogens with one attached hydrogen (secondary N) is 1. The molecule has 0 aromatic carbocycles. The molecule has 0 saturated heterocycles. The fourth-order valence-electron chi connectivity index (χ4n) is 4.60. The summed E-state index contributed by atoms with van der Waals surface area (Å²) in [5, 5.41) is 32.8. The molecule has 5 nitrogen and oxygen atoms in total. The zero-order valence-corrected chi connectivity index (χ0v) is 27.1. The maximum atomic E-state index is 12.3. The summed E-state index contributed by atoms with van der Waals surface area (Å²) < 4.78 is 0. The minimum Gasteiger partial charge on any atom is -0.394 e. The maximum absolute atomic E-state index is 12.3. The monoisotopic (exact) mass is 587 g/mol. The first-order valence-corrected chi connectivity index (χ1v) is 17.1. The van der Waals surface area contributed by atoms with E-state index in [2.05, 4.69) is 37.4 Å². The second-order valence-corrected chi connectivity index (χ2v) is 11.4. The lowest BCUT2D eigenvalue weighted by atomic mass is 10.1. The van der Waals surface area contributed by atoms with Gasteiger partial charge < -0.3 is 20.6 Å². The van der Waals surface area contributed by atoms with Crippen LogP contribution in [-0.2, 0) is 4.79 Å². The summed E-state index contributed by atoms with van der Waals surface area (Å²) in [5.41, 5.74) is 0. The van der Waals surface area contributed by atoms with E-state index in [4.69, 9.17) is 0 Å². The smallest absolute Gasteiger partial charge is 0.220 e. The molecule has 0 spiro atoms. The highest BCUT2D eigenvalue weighted by molar-refractivity contribution is 5.76. The molecule has 0 rings (SSSR count). The molecule has 0 radical (unpaired) electrons. The average molecular weight is 588 g/mol. The highest BCUT2D eigenvalue weighted by atomic mass is 16.3. The van der Waals surface area contributed by atoms with E-state index in [1.54, 1.807) is 12.2 Å². The van der Waals surface area contributed by atoms with Gasteiger partial charge in [-0.15, -0.1) is 0 Å². The molecular weight excluding hydrogens is 522 g/mol. The first-order valence-electron chi connectivity index (χ1n) is 17.1. The van der Waals surface area contributed by atoms with E-state index >= 15 is 0 Å². The summed E-state index contributed by atoms with van der Waals surface area (Å²) in [5.74, 6) is -0.168. The Hall–Kier alpha value is -1.95. The van der Waals surface area contributed by atoms with Crippen molar-refractivity contribution in [1.29, 1.82) is 0 Å². The number of hydrogen-bond acceptors (Lipinski definition) is 4. The molecule has 0 aromatic rings. The molecule has 0 aromatic heterocycles. The lowest BCUT2D eigenvalue weighted by Crippen LogP contribution is -2.45. The van der Waals surface area contributed by atoms with Crippen LogP contribution in [0.15, 0.2) is 60.8 Å². The van der Waals surface area contributed by atoms with Crippen LogP contribution >= 0.6 is 0 Å². The van der Waals surface area contributed by atoms with Gasteiger partial charge in [0, 0.05) is 6.42 Å². The molecule has 0 aliphatic carbocycles. The van der Waals surface area contributed by atoms with Gasteiger partial charge in [0.1, 0.15) is 0 Å². The molecule has 0 bridgehead atoms. The Kier molecular flexibility index (Phi) is 30.5. The Morgan fingerprint density at radius 1 is 0.643 bits per heavy atom. The molecule has 1 amide bonds. The number of rotatable bonds is 29. The van der Waals surface area contributed by atoms with Crippen molar-refractivity contribution in [2.24, 2.45) is 0 Å². The Bertz CT molecular complexity index is 740. The zero-order valence-electron chi connectivity index (χ0n) is 27.1. The maximum Gasteiger partial charge on any atom is 0.220 e. The molecule has 42 heavy (non-hydrogen) atoms. The highest BCUT2D eigenvalue weighted by Gasteiger charge is 2.17. The summed E-state index contributed by atoms with van der Waals surface area (Å²) in [6, 6.07) is -0.683. The molecule has 242 valence electrons. The van der Waals surface area contributed by atoms with E-state index in [1.807, 2.05) is 30.4 Å². The van der Waals surface area contributed by atoms with Crippen LogP contribution in [0.5, 0.6) is 0 Å². The summed E-state index contributed by atoms with van der Waals surface area (Å²) in [4.78, 5) is 12.3. The third-order valence-electron chi connectivity index (χ3n) is 7.33. The molecule has 0 heterocycles. The molecule has 4 N–H and O–H groups in total. The van der Waals surface area contributed by atoms with Gasteiger partial charge in [-0.05, 0) is 51.4 Å². The molecule has 0 aliphatic heterocycles. The van der Waals surface area contributed by atoms with Gasteiger partial charge in [0.2, 0.25) is 5.91 Å². The van der Waals surface area contributed by atoms with Crippen LogP contribution in [0.1, 0.15) is 142 Å². The SMILES string of the molecule is CCCCC/C=C\C/C=C\CC(O)/C=C\C=C\CCCC(=O)N[C@@H](CO)[C@H](O)/C=C/CCCCCCCCCCCC. The third-order valence-corrected chi connectivity index (χ3v) is 7.33. The standard InChI is InChI=1S/C37H65NO4/c1-3-5-7-9-11-13-14-15-17-19-23-27-31-36(41)35(33-39)38-37(42)32-28-24-20-22-26-30-34(40)29-25-21-18-16-12-10-8-6-4-2/h12,16,20-22,25-27,30-31,34-36,39-41H,3-11,13-15,17-19,23-24,28-29,32-33H2,1-2H3,(H,38,42)/b16-12-,22-20+,25-21-,30-26-,31-27+/t34?,35-,36+/m0/s1. The number of unbranched alkanes of at least 4 members (excludes halogenated alkanes) is 14. The molecule has 3 atom stereocenters. The van der Waals surface area contributed by atoms with Crippen LogP contribution in [-0.4, -0.2) is 46.1 Å². The van der Waals surface area contributed by atoms with Gasteiger partial charge in [-0.2, -0.15) is 0 Å². The van der Waals surface area contributed by atoms with Gasteiger partial charge in [0.05, 0.1) is 24.9 Å². The third kappa shape index (κ3) is 28.2. The van der Waals surface area contributed by atoms with E-state index < -0.39 is 18.2 Å².